The van der Waals surface area contributed by atoms with Gasteiger partial charge in [0.15, 0.2) is 0 Å². The maximum Gasteiger partial charge on any atom is 0.319 e. The molecule has 2 aliphatic heterocycles. The molecule has 3 N–H and O–H groups in total. The van der Waals surface area contributed by atoms with E-state index < -0.39 is 6.04 Å². The number of urea groups is 1. The molecule has 0 radical (unpaired) electrons. The highest BCUT2D eigenvalue weighted by Gasteiger charge is 2.39. The van der Waals surface area contributed by atoms with Gasteiger partial charge in [0.2, 0.25) is 5.91 Å². The van der Waals surface area contributed by atoms with E-state index in [1.807, 2.05) is 18.4 Å². The maximum atomic E-state index is 13.0. The Kier molecular flexibility index (Phi) is 7.00. The number of hydrogen-bond acceptors (Lipinski definition) is 4. The van der Waals surface area contributed by atoms with Crippen molar-refractivity contribution in [2.75, 3.05) is 5.32 Å². The summed E-state index contributed by atoms with van der Waals surface area (Å²) in [6.07, 6.45) is 2.13. The highest BCUT2D eigenvalue weighted by molar-refractivity contribution is 7.10. The number of nitrogens with one attached hydrogen (secondary N) is 3. The van der Waals surface area contributed by atoms with E-state index in [0.717, 1.165) is 34.4 Å². The highest BCUT2D eigenvalue weighted by Crippen LogP contribution is 2.34. The molecule has 4 amide bonds. The van der Waals surface area contributed by atoms with E-state index in [1.54, 1.807) is 11.0 Å². The van der Waals surface area contributed by atoms with E-state index in [0.29, 0.717) is 34.9 Å². The average Bonchev–Trinajstić information content (AvgIpc) is 3.26. The van der Waals surface area contributed by atoms with Crippen molar-refractivity contribution in [3.8, 4) is 0 Å². The van der Waals surface area contributed by atoms with E-state index in [4.69, 9.17) is 11.6 Å². The number of hydrogen-bond donors (Lipinski definition) is 3. The van der Waals surface area contributed by atoms with Crippen molar-refractivity contribution in [2.24, 2.45) is 0 Å². The third-order valence-corrected chi connectivity index (χ3v) is 7.83. The molecule has 0 unspecified atom stereocenters. The lowest BCUT2D eigenvalue weighted by Crippen LogP contribution is -2.45. The molecule has 1 fully saturated rings. The number of anilines is 1. The van der Waals surface area contributed by atoms with Crippen LogP contribution in [0, 0.1) is 6.92 Å². The molecule has 0 aliphatic carbocycles. The van der Waals surface area contributed by atoms with Crippen molar-refractivity contribution in [1.29, 1.82) is 0 Å². The van der Waals surface area contributed by atoms with Gasteiger partial charge in [0.05, 0.1) is 12.1 Å². The fourth-order valence-electron chi connectivity index (χ4n) is 4.54. The zero-order valence-electron chi connectivity index (χ0n) is 19.6. The van der Waals surface area contributed by atoms with Crippen LogP contribution >= 0.6 is 22.9 Å². The van der Waals surface area contributed by atoms with Gasteiger partial charge < -0.3 is 20.9 Å². The maximum absolute atomic E-state index is 13.0. The molecule has 2 aromatic rings. The first-order valence-electron chi connectivity index (χ1n) is 11.4. The van der Waals surface area contributed by atoms with Crippen LogP contribution in [-0.2, 0) is 17.9 Å². The van der Waals surface area contributed by atoms with Gasteiger partial charge in [-0.1, -0.05) is 32.0 Å². The number of allylic oxidation sites excluding steroid dienone is 1. The van der Waals surface area contributed by atoms with Crippen molar-refractivity contribution in [1.82, 2.24) is 15.5 Å². The number of fused-ring (bicyclic) bond motifs is 1. The van der Waals surface area contributed by atoms with Crippen LogP contribution in [-0.4, -0.2) is 28.8 Å². The molecule has 7 nitrogen and oxygen atoms in total. The fraction of sp³-hybridized carbons (Fsp3) is 0.400. The molecule has 180 valence electrons. The summed E-state index contributed by atoms with van der Waals surface area (Å²) < 4.78 is 0. The van der Waals surface area contributed by atoms with Crippen LogP contribution < -0.4 is 16.0 Å². The van der Waals surface area contributed by atoms with E-state index in [2.05, 4.69) is 36.4 Å². The van der Waals surface area contributed by atoms with Gasteiger partial charge in [-0.2, -0.15) is 0 Å². The lowest BCUT2D eigenvalue weighted by Gasteiger charge is -2.25. The summed E-state index contributed by atoms with van der Waals surface area (Å²) in [5.74, 6) is -0.0310. The Bertz CT molecular complexity index is 1170. The van der Waals surface area contributed by atoms with Crippen LogP contribution in [0.4, 0.5) is 10.5 Å². The summed E-state index contributed by atoms with van der Waals surface area (Å²) in [6.45, 7) is 10.6. The molecule has 2 aliphatic rings. The van der Waals surface area contributed by atoms with Crippen LogP contribution in [0.15, 0.2) is 29.8 Å². The molecule has 34 heavy (non-hydrogen) atoms. The Morgan fingerprint density at radius 3 is 2.85 bits per heavy atom. The minimum Gasteiger partial charge on any atom is -0.333 e. The molecule has 0 spiro atoms. The Morgan fingerprint density at radius 2 is 2.12 bits per heavy atom. The number of carbonyl (C=O) groups is 3. The first-order valence-corrected chi connectivity index (χ1v) is 12.6. The van der Waals surface area contributed by atoms with E-state index in [-0.39, 0.29) is 30.3 Å². The molecule has 1 aromatic carbocycles. The second-order valence-electron chi connectivity index (χ2n) is 9.12. The summed E-state index contributed by atoms with van der Waals surface area (Å²) in [5.41, 5.74) is 4.92. The molecule has 0 bridgehead atoms. The van der Waals surface area contributed by atoms with Crippen molar-refractivity contribution >= 4 is 46.5 Å². The van der Waals surface area contributed by atoms with Gasteiger partial charge in [-0.15, -0.1) is 11.3 Å². The quantitative estimate of drug-likeness (QED) is 0.520. The Hall–Kier alpha value is -2.84. The van der Waals surface area contributed by atoms with Crippen LogP contribution in [0.2, 0.25) is 5.02 Å². The summed E-state index contributed by atoms with van der Waals surface area (Å²) in [5, 5.41) is 11.0. The molecular weight excluding hydrogens is 472 g/mol. The number of benzene rings is 1. The predicted octanol–water partition coefficient (Wildman–Crippen LogP) is 5.29. The van der Waals surface area contributed by atoms with Crippen LogP contribution in [0.3, 0.4) is 0 Å². The molecule has 0 saturated carbocycles. The molecule has 1 atom stereocenters. The zero-order chi connectivity index (χ0) is 24.6. The van der Waals surface area contributed by atoms with E-state index in [9.17, 15) is 14.4 Å². The predicted molar refractivity (Wildman–Crippen MR) is 135 cm³/mol. The van der Waals surface area contributed by atoms with Crippen molar-refractivity contribution < 1.29 is 14.4 Å². The van der Waals surface area contributed by atoms with Gasteiger partial charge in [0.1, 0.15) is 6.04 Å². The number of nitrogens with zero attached hydrogens (tertiary/aromatic N) is 1. The number of carbonyl (C=O) groups excluding carboxylic acids is 3. The first-order chi connectivity index (χ1) is 16.2. The van der Waals surface area contributed by atoms with Crippen molar-refractivity contribution in [3.63, 3.8) is 0 Å². The van der Waals surface area contributed by atoms with E-state index >= 15 is 0 Å². The van der Waals surface area contributed by atoms with E-state index in [1.165, 1.54) is 11.3 Å². The minimum atomic E-state index is -0.505. The molecule has 1 aromatic heterocycles. The molecular formula is C25H29ClN4O3S. The van der Waals surface area contributed by atoms with Gasteiger partial charge >= 0.3 is 6.03 Å². The summed E-state index contributed by atoms with van der Waals surface area (Å²) in [6, 6.07) is 2.83. The normalized spacial score (nSPS) is 18.1. The van der Waals surface area contributed by atoms with Crippen LogP contribution in [0.5, 0.6) is 0 Å². The zero-order valence-corrected chi connectivity index (χ0v) is 21.2. The number of thiophene rings is 1. The summed E-state index contributed by atoms with van der Waals surface area (Å²) >= 11 is 7.79. The summed E-state index contributed by atoms with van der Waals surface area (Å²) in [4.78, 5) is 40.7. The Morgan fingerprint density at radius 1 is 1.35 bits per heavy atom. The third kappa shape index (κ3) is 4.83. The second kappa shape index (κ2) is 9.80. The summed E-state index contributed by atoms with van der Waals surface area (Å²) in [7, 11) is 0. The molecule has 1 saturated heterocycles. The highest BCUT2D eigenvalue weighted by atomic mass is 35.5. The van der Waals surface area contributed by atoms with Crippen LogP contribution in [0.1, 0.15) is 71.0 Å². The number of halogens is 1. The number of amides is 4. The Balaban J connectivity index is 1.41. The topological polar surface area (TPSA) is 90.5 Å². The molecule has 4 rings (SSSR count). The lowest BCUT2D eigenvalue weighted by molar-refractivity contribution is -0.124. The minimum absolute atomic E-state index is 0.134. The standard InChI is InChI=1S/C25H29ClN4O3S/c1-13(2)17-8-16(9-20(26)15(17)4)29-25(33)27-10-22-18-11-30(24(32)19(18)12-34-22)21-7-5-6-14(3)28-23(21)31/h8-9,12-13,21H,3,5-7,10-11H2,1-2,4H3,(H,28,31)(H2,27,29,33)/t21-/m0/s1. The van der Waals surface area contributed by atoms with Crippen molar-refractivity contribution in [2.45, 2.75) is 65.1 Å². The van der Waals surface area contributed by atoms with Crippen molar-refractivity contribution in [3.05, 3.63) is 61.9 Å². The fourth-order valence-corrected chi connectivity index (χ4v) is 5.74. The van der Waals surface area contributed by atoms with Gasteiger partial charge in [-0.25, -0.2) is 4.79 Å². The smallest absolute Gasteiger partial charge is 0.319 e. The van der Waals surface area contributed by atoms with Crippen LogP contribution in [0.25, 0.3) is 0 Å². The van der Waals surface area contributed by atoms with Gasteiger partial charge in [0.25, 0.3) is 5.91 Å². The number of rotatable bonds is 5. The van der Waals surface area contributed by atoms with Gasteiger partial charge in [-0.3, -0.25) is 9.59 Å². The van der Waals surface area contributed by atoms with Gasteiger partial charge in [0, 0.05) is 33.2 Å². The SMILES string of the molecule is C=C1CCC[C@H](N2Cc3c(csc3CNC(=O)Nc3cc(Cl)c(C)c(C(C)C)c3)C2=O)C(=O)N1. The average molecular weight is 501 g/mol. The lowest BCUT2D eigenvalue weighted by atomic mass is 9.97. The second-order valence-corrected chi connectivity index (χ2v) is 10.5. The first kappa shape index (κ1) is 24.3. The Labute approximate surface area is 208 Å². The third-order valence-electron chi connectivity index (χ3n) is 6.41. The molecule has 9 heteroatoms. The monoisotopic (exact) mass is 500 g/mol. The largest absolute Gasteiger partial charge is 0.333 e. The van der Waals surface area contributed by atoms with Gasteiger partial charge in [-0.05, 0) is 60.9 Å². The molecule has 3 heterocycles.